The summed E-state index contributed by atoms with van der Waals surface area (Å²) in [5.74, 6) is 0.548. The van der Waals surface area contributed by atoms with E-state index < -0.39 is 0 Å². The Morgan fingerprint density at radius 2 is 1.68 bits per heavy atom. The van der Waals surface area contributed by atoms with E-state index in [9.17, 15) is 0 Å². The SMILES string of the molecule is CCc1cccnc1C(N)c1ccc(C(C)C)cc1. The van der Waals surface area contributed by atoms with Crippen LogP contribution in [-0.2, 0) is 6.42 Å². The van der Waals surface area contributed by atoms with Crippen molar-refractivity contribution < 1.29 is 0 Å². The predicted molar refractivity (Wildman–Crippen MR) is 80.2 cm³/mol. The molecule has 1 heterocycles. The fraction of sp³-hybridized carbons (Fsp3) is 0.353. The van der Waals surface area contributed by atoms with E-state index in [4.69, 9.17) is 5.73 Å². The van der Waals surface area contributed by atoms with Gasteiger partial charge in [-0.25, -0.2) is 0 Å². The van der Waals surface area contributed by atoms with E-state index in [2.05, 4.69) is 56.1 Å². The molecular weight excluding hydrogens is 232 g/mol. The zero-order chi connectivity index (χ0) is 13.8. The second-order valence-electron chi connectivity index (χ2n) is 5.20. The van der Waals surface area contributed by atoms with Gasteiger partial charge in [-0.15, -0.1) is 0 Å². The van der Waals surface area contributed by atoms with Gasteiger partial charge < -0.3 is 5.73 Å². The van der Waals surface area contributed by atoms with E-state index in [-0.39, 0.29) is 6.04 Å². The third kappa shape index (κ3) is 3.02. The molecular formula is C17H22N2. The molecule has 0 aliphatic rings. The van der Waals surface area contributed by atoms with Crippen molar-refractivity contribution in [2.75, 3.05) is 0 Å². The highest BCUT2D eigenvalue weighted by Gasteiger charge is 2.13. The fourth-order valence-corrected chi connectivity index (χ4v) is 2.28. The standard InChI is InChI=1S/C17H22N2/c1-4-13-6-5-11-19-17(13)16(18)15-9-7-14(8-10-15)12(2)3/h5-12,16H,4,18H2,1-3H3. The summed E-state index contributed by atoms with van der Waals surface area (Å²) in [6, 6.07) is 12.5. The predicted octanol–water partition coefficient (Wildman–Crippen LogP) is 3.82. The lowest BCUT2D eigenvalue weighted by Gasteiger charge is -2.16. The van der Waals surface area contributed by atoms with Crippen LogP contribution in [0.4, 0.5) is 0 Å². The van der Waals surface area contributed by atoms with Gasteiger partial charge in [0, 0.05) is 6.20 Å². The number of aryl methyl sites for hydroxylation is 1. The summed E-state index contributed by atoms with van der Waals surface area (Å²) in [5.41, 5.74) is 11.0. The highest BCUT2D eigenvalue weighted by atomic mass is 14.8. The summed E-state index contributed by atoms with van der Waals surface area (Å²) < 4.78 is 0. The molecule has 1 atom stereocenters. The van der Waals surface area contributed by atoms with Crippen LogP contribution < -0.4 is 5.73 Å². The first-order valence-electron chi connectivity index (χ1n) is 6.92. The van der Waals surface area contributed by atoms with E-state index in [1.807, 2.05) is 12.3 Å². The molecule has 2 nitrogen and oxygen atoms in total. The summed E-state index contributed by atoms with van der Waals surface area (Å²) in [4.78, 5) is 4.46. The largest absolute Gasteiger partial charge is 0.319 e. The van der Waals surface area contributed by atoms with Gasteiger partial charge in [0.2, 0.25) is 0 Å². The van der Waals surface area contributed by atoms with Crippen LogP contribution in [0.3, 0.4) is 0 Å². The van der Waals surface area contributed by atoms with Crippen LogP contribution in [0.5, 0.6) is 0 Å². The van der Waals surface area contributed by atoms with Crippen LogP contribution in [0.2, 0.25) is 0 Å². The molecule has 100 valence electrons. The van der Waals surface area contributed by atoms with E-state index in [0.29, 0.717) is 5.92 Å². The lowest BCUT2D eigenvalue weighted by Crippen LogP contribution is -2.15. The van der Waals surface area contributed by atoms with Crippen molar-refractivity contribution in [2.24, 2.45) is 5.73 Å². The Hall–Kier alpha value is -1.67. The third-order valence-corrected chi connectivity index (χ3v) is 3.56. The van der Waals surface area contributed by atoms with Crippen molar-refractivity contribution in [3.63, 3.8) is 0 Å². The zero-order valence-corrected chi connectivity index (χ0v) is 11.9. The van der Waals surface area contributed by atoms with Gasteiger partial charge in [0.05, 0.1) is 11.7 Å². The molecule has 19 heavy (non-hydrogen) atoms. The Balaban J connectivity index is 2.30. The minimum Gasteiger partial charge on any atom is -0.319 e. The highest BCUT2D eigenvalue weighted by molar-refractivity contribution is 5.34. The fourth-order valence-electron chi connectivity index (χ4n) is 2.28. The van der Waals surface area contributed by atoms with Gasteiger partial charge in [0.15, 0.2) is 0 Å². The first-order chi connectivity index (χ1) is 9.13. The molecule has 1 unspecified atom stereocenters. The molecule has 0 saturated carbocycles. The molecule has 0 bridgehead atoms. The highest BCUT2D eigenvalue weighted by Crippen LogP contribution is 2.23. The first-order valence-corrected chi connectivity index (χ1v) is 6.92. The summed E-state index contributed by atoms with van der Waals surface area (Å²) in [7, 11) is 0. The number of nitrogens with two attached hydrogens (primary N) is 1. The molecule has 1 aromatic carbocycles. The van der Waals surface area contributed by atoms with Gasteiger partial charge in [-0.1, -0.05) is 51.1 Å². The molecule has 1 aromatic heterocycles. The number of hydrogen-bond acceptors (Lipinski definition) is 2. The van der Waals surface area contributed by atoms with E-state index >= 15 is 0 Å². The Kier molecular flexibility index (Phi) is 4.33. The molecule has 2 heteroatoms. The van der Waals surface area contributed by atoms with Crippen LogP contribution in [0.25, 0.3) is 0 Å². The van der Waals surface area contributed by atoms with Gasteiger partial charge in [0.1, 0.15) is 0 Å². The summed E-state index contributed by atoms with van der Waals surface area (Å²) in [6.45, 7) is 6.53. The first kappa shape index (κ1) is 13.8. The van der Waals surface area contributed by atoms with Gasteiger partial charge in [-0.05, 0) is 35.1 Å². The maximum absolute atomic E-state index is 6.36. The quantitative estimate of drug-likeness (QED) is 0.901. The van der Waals surface area contributed by atoms with Gasteiger partial charge in [0.25, 0.3) is 0 Å². The molecule has 0 fully saturated rings. The molecule has 0 aliphatic heterocycles. The van der Waals surface area contributed by atoms with Crippen LogP contribution in [0.15, 0.2) is 42.6 Å². The number of nitrogens with zero attached hydrogens (tertiary/aromatic N) is 1. The van der Waals surface area contributed by atoms with Gasteiger partial charge in [-0.3, -0.25) is 4.98 Å². The maximum Gasteiger partial charge on any atom is 0.0729 e. The Bertz CT molecular complexity index is 529. The summed E-state index contributed by atoms with van der Waals surface area (Å²) >= 11 is 0. The van der Waals surface area contributed by atoms with Crippen molar-refractivity contribution in [1.29, 1.82) is 0 Å². The maximum atomic E-state index is 6.36. The molecule has 2 rings (SSSR count). The second kappa shape index (κ2) is 5.98. The lowest BCUT2D eigenvalue weighted by atomic mass is 9.96. The van der Waals surface area contributed by atoms with E-state index in [1.54, 1.807) is 0 Å². The molecule has 0 spiro atoms. The minimum absolute atomic E-state index is 0.141. The average molecular weight is 254 g/mol. The monoisotopic (exact) mass is 254 g/mol. The number of pyridine rings is 1. The Labute approximate surface area is 115 Å². The Morgan fingerprint density at radius 1 is 1.05 bits per heavy atom. The molecule has 0 amide bonds. The third-order valence-electron chi connectivity index (χ3n) is 3.56. The van der Waals surface area contributed by atoms with Crippen LogP contribution >= 0.6 is 0 Å². The molecule has 2 aromatic rings. The van der Waals surface area contributed by atoms with Crippen LogP contribution in [-0.4, -0.2) is 4.98 Å². The molecule has 0 aliphatic carbocycles. The second-order valence-corrected chi connectivity index (χ2v) is 5.20. The number of rotatable bonds is 4. The minimum atomic E-state index is -0.141. The van der Waals surface area contributed by atoms with Gasteiger partial charge in [-0.2, -0.15) is 0 Å². The topological polar surface area (TPSA) is 38.9 Å². The normalized spacial score (nSPS) is 12.7. The number of aromatic nitrogens is 1. The van der Waals surface area contributed by atoms with E-state index in [1.165, 1.54) is 11.1 Å². The lowest BCUT2D eigenvalue weighted by molar-refractivity contribution is 0.801. The van der Waals surface area contributed by atoms with Crippen molar-refractivity contribution >= 4 is 0 Å². The smallest absolute Gasteiger partial charge is 0.0729 e. The zero-order valence-electron chi connectivity index (χ0n) is 11.9. The molecule has 2 N–H and O–H groups in total. The van der Waals surface area contributed by atoms with Crippen molar-refractivity contribution in [2.45, 2.75) is 39.2 Å². The number of benzene rings is 1. The average Bonchev–Trinajstić information content (AvgIpc) is 2.46. The van der Waals surface area contributed by atoms with Crippen LogP contribution in [0.1, 0.15) is 55.1 Å². The van der Waals surface area contributed by atoms with Crippen molar-refractivity contribution in [1.82, 2.24) is 4.98 Å². The molecule has 0 saturated heterocycles. The summed E-state index contributed by atoms with van der Waals surface area (Å²) in [5, 5.41) is 0. The Morgan fingerprint density at radius 3 is 2.26 bits per heavy atom. The van der Waals surface area contributed by atoms with Crippen molar-refractivity contribution in [3.05, 3.63) is 65.0 Å². The van der Waals surface area contributed by atoms with Crippen LogP contribution in [0, 0.1) is 0 Å². The van der Waals surface area contributed by atoms with Crippen molar-refractivity contribution in [3.8, 4) is 0 Å². The molecule has 0 radical (unpaired) electrons. The number of hydrogen-bond donors (Lipinski definition) is 1. The van der Waals surface area contributed by atoms with Gasteiger partial charge >= 0.3 is 0 Å². The summed E-state index contributed by atoms with van der Waals surface area (Å²) in [6.07, 6.45) is 2.78. The van der Waals surface area contributed by atoms with E-state index in [0.717, 1.165) is 17.7 Å².